The molecule has 0 spiro atoms. The van der Waals surface area contributed by atoms with Gasteiger partial charge in [-0.25, -0.2) is 8.78 Å². The smallest absolute Gasteiger partial charge is 0.149 e. The third-order valence-corrected chi connectivity index (χ3v) is 5.63. The van der Waals surface area contributed by atoms with Crippen LogP contribution in [0.15, 0.2) is 18.2 Å². The molecule has 0 aliphatic rings. The highest BCUT2D eigenvalue weighted by atomic mass is 19.1. The van der Waals surface area contributed by atoms with Crippen LogP contribution in [0.5, 0.6) is 0 Å². The maximum atomic E-state index is 14.3. The topological polar surface area (TPSA) is 3.24 Å². The normalized spacial score (nSPS) is 12.3. The number of hydrogen-bond donors (Lipinski definition) is 0. The third-order valence-electron chi connectivity index (χ3n) is 5.63. The standard InChI is InChI=1S/C24H41F2N/c1-4-7-9-10-11-12-13-18-27(19-17-21(6-3)14-8-5-2)24-16-15-22(25)20-23(24)26/h15-16,20-21H,4-14,17-19H2,1-3H3. The Balaban J connectivity index is 2.58. The van der Waals surface area contributed by atoms with E-state index in [9.17, 15) is 8.78 Å². The van der Waals surface area contributed by atoms with E-state index in [2.05, 4.69) is 25.7 Å². The predicted octanol–water partition coefficient (Wildman–Crippen LogP) is 8.13. The Kier molecular flexibility index (Phi) is 13.2. The Hall–Kier alpha value is -1.12. The Morgan fingerprint density at radius 1 is 0.778 bits per heavy atom. The zero-order chi connectivity index (χ0) is 19.9. The van der Waals surface area contributed by atoms with Gasteiger partial charge >= 0.3 is 0 Å². The zero-order valence-corrected chi connectivity index (χ0v) is 17.9. The van der Waals surface area contributed by atoms with Crippen molar-refractivity contribution in [3.63, 3.8) is 0 Å². The van der Waals surface area contributed by atoms with Crippen LogP contribution >= 0.6 is 0 Å². The molecule has 0 saturated carbocycles. The molecular formula is C24H41F2N. The molecule has 0 amide bonds. The molecule has 1 unspecified atom stereocenters. The second-order valence-electron chi connectivity index (χ2n) is 7.91. The Bertz CT molecular complexity index is 489. The SMILES string of the molecule is CCCCCCCCCN(CCC(CC)CCCC)c1ccc(F)cc1F. The van der Waals surface area contributed by atoms with Gasteiger partial charge in [-0.05, 0) is 30.9 Å². The van der Waals surface area contributed by atoms with Crippen LogP contribution < -0.4 is 4.90 Å². The molecule has 1 rings (SSSR count). The Morgan fingerprint density at radius 3 is 2.07 bits per heavy atom. The molecular weight excluding hydrogens is 340 g/mol. The Morgan fingerprint density at radius 2 is 1.44 bits per heavy atom. The van der Waals surface area contributed by atoms with Crippen LogP contribution in [-0.2, 0) is 0 Å². The van der Waals surface area contributed by atoms with Crippen LogP contribution in [-0.4, -0.2) is 13.1 Å². The molecule has 0 aliphatic heterocycles. The van der Waals surface area contributed by atoms with Gasteiger partial charge in [-0.3, -0.25) is 0 Å². The minimum atomic E-state index is -0.499. The maximum absolute atomic E-state index is 14.3. The first-order chi connectivity index (χ1) is 13.1. The van der Waals surface area contributed by atoms with Crippen LogP contribution in [0.4, 0.5) is 14.5 Å². The predicted molar refractivity (Wildman–Crippen MR) is 114 cm³/mol. The van der Waals surface area contributed by atoms with Crippen LogP contribution in [0.2, 0.25) is 0 Å². The van der Waals surface area contributed by atoms with Gasteiger partial charge < -0.3 is 4.90 Å². The maximum Gasteiger partial charge on any atom is 0.149 e. The van der Waals surface area contributed by atoms with Gasteiger partial charge in [-0.15, -0.1) is 0 Å². The van der Waals surface area contributed by atoms with Crippen molar-refractivity contribution >= 4 is 5.69 Å². The lowest BCUT2D eigenvalue weighted by molar-refractivity contribution is 0.419. The highest BCUT2D eigenvalue weighted by Crippen LogP contribution is 2.24. The van der Waals surface area contributed by atoms with Gasteiger partial charge in [-0.2, -0.15) is 0 Å². The number of benzene rings is 1. The molecule has 1 aromatic rings. The lowest BCUT2D eigenvalue weighted by Crippen LogP contribution is -2.28. The molecule has 1 nitrogen and oxygen atoms in total. The van der Waals surface area contributed by atoms with Crippen LogP contribution in [0, 0.1) is 17.6 Å². The van der Waals surface area contributed by atoms with Crippen LogP contribution in [0.25, 0.3) is 0 Å². The monoisotopic (exact) mass is 381 g/mol. The summed E-state index contributed by atoms with van der Waals surface area (Å²) in [6.07, 6.45) is 14.8. The van der Waals surface area contributed by atoms with E-state index in [0.29, 0.717) is 11.6 Å². The Labute approximate surface area is 166 Å². The summed E-state index contributed by atoms with van der Waals surface area (Å²) in [4.78, 5) is 2.15. The average molecular weight is 382 g/mol. The summed E-state index contributed by atoms with van der Waals surface area (Å²) in [5, 5.41) is 0. The molecule has 3 heteroatoms. The summed E-state index contributed by atoms with van der Waals surface area (Å²) in [6, 6.07) is 4.00. The van der Waals surface area contributed by atoms with Crippen molar-refractivity contribution in [3.05, 3.63) is 29.8 Å². The lowest BCUT2D eigenvalue weighted by Gasteiger charge is -2.27. The van der Waals surface area contributed by atoms with Gasteiger partial charge in [0, 0.05) is 19.2 Å². The second-order valence-corrected chi connectivity index (χ2v) is 7.91. The highest BCUT2D eigenvalue weighted by molar-refractivity contribution is 5.47. The molecule has 0 aliphatic carbocycles. The molecule has 0 saturated heterocycles. The number of hydrogen-bond acceptors (Lipinski definition) is 1. The van der Waals surface area contributed by atoms with Crippen molar-refractivity contribution in [2.24, 2.45) is 5.92 Å². The molecule has 0 aromatic heterocycles. The molecule has 0 bridgehead atoms. The van der Waals surface area contributed by atoms with Gasteiger partial charge in [0.1, 0.15) is 11.6 Å². The molecule has 0 fully saturated rings. The van der Waals surface area contributed by atoms with Crippen molar-refractivity contribution in [2.75, 3.05) is 18.0 Å². The number of unbranched alkanes of at least 4 members (excludes halogenated alkanes) is 7. The van der Waals surface area contributed by atoms with E-state index in [0.717, 1.165) is 32.0 Å². The summed E-state index contributed by atoms with van der Waals surface area (Å²) < 4.78 is 27.7. The van der Waals surface area contributed by atoms with Crippen molar-refractivity contribution < 1.29 is 8.78 Å². The summed E-state index contributed by atoms with van der Waals surface area (Å²) >= 11 is 0. The minimum Gasteiger partial charge on any atom is -0.369 e. The molecule has 0 N–H and O–H groups in total. The summed E-state index contributed by atoms with van der Waals surface area (Å²) in [5.74, 6) is -0.230. The van der Waals surface area contributed by atoms with Crippen molar-refractivity contribution in [1.29, 1.82) is 0 Å². The molecule has 1 atom stereocenters. The second kappa shape index (κ2) is 14.9. The molecule has 1 aromatic carbocycles. The van der Waals surface area contributed by atoms with E-state index in [1.54, 1.807) is 6.07 Å². The average Bonchev–Trinajstić information content (AvgIpc) is 2.66. The first kappa shape index (κ1) is 23.9. The van der Waals surface area contributed by atoms with Crippen LogP contribution in [0.3, 0.4) is 0 Å². The fraction of sp³-hybridized carbons (Fsp3) is 0.750. The first-order valence-electron chi connectivity index (χ1n) is 11.3. The third kappa shape index (κ3) is 10.1. The number of nitrogens with zero attached hydrogens (tertiary/aromatic N) is 1. The lowest BCUT2D eigenvalue weighted by atomic mass is 9.95. The first-order valence-corrected chi connectivity index (χ1v) is 11.3. The van der Waals surface area contributed by atoms with Gasteiger partial charge in [0.25, 0.3) is 0 Å². The van der Waals surface area contributed by atoms with Crippen LogP contribution in [0.1, 0.15) is 97.8 Å². The van der Waals surface area contributed by atoms with E-state index in [-0.39, 0.29) is 0 Å². The molecule has 0 radical (unpaired) electrons. The van der Waals surface area contributed by atoms with Gasteiger partial charge in [-0.1, -0.05) is 85.0 Å². The summed E-state index contributed by atoms with van der Waals surface area (Å²) in [5.41, 5.74) is 0.563. The summed E-state index contributed by atoms with van der Waals surface area (Å²) in [6.45, 7) is 8.44. The van der Waals surface area contributed by atoms with E-state index in [1.807, 2.05) is 0 Å². The largest absolute Gasteiger partial charge is 0.369 e. The van der Waals surface area contributed by atoms with Crippen molar-refractivity contribution in [2.45, 2.75) is 97.8 Å². The van der Waals surface area contributed by atoms with Crippen molar-refractivity contribution in [3.8, 4) is 0 Å². The van der Waals surface area contributed by atoms with E-state index >= 15 is 0 Å². The van der Waals surface area contributed by atoms with Gasteiger partial charge in [0.15, 0.2) is 0 Å². The van der Waals surface area contributed by atoms with E-state index < -0.39 is 11.6 Å². The zero-order valence-electron chi connectivity index (χ0n) is 17.9. The van der Waals surface area contributed by atoms with Gasteiger partial charge in [0.2, 0.25) is 0 Å². The number of rotatable bonds is 16. The highest BCUT2D eigenvalue weighted by Gasteiger charge is 2.15. The van der Waals surface area contributed by atoms with Gasteiger partial charge in [0.05, 0.1) is 5.69 Å². The van der Waals surface area contributed by atoms with E-state index in [1.165, 1.54) is 70.3 Å². The molecule has 27 heavy (non-hydrogen) atoms. The fourth-order valence-electron chi connectivity index (χ4n) is 3.73. The molecule has 156 valence electrons. The fourth-order valence-corrected chi connectivity index (χ4v) is 3.73. The van der Waals surface area contributed by atoms with E-state index in [4.69, 9.17) is 0 Å². The molecule has 0 heterocycles. The summed E-state index contributed by atoms with van der Waals surface area (Å²) in [7, 11) is 0. The van der Waals surface area contributed by atoms with Crippen molar-refractivity contribution in [1.82, 2.24) is 0 Å². The number of halogens is 2. The number of anilines is 1. The minimum absolute atomic E-state index is 0.431. The quantitative estimate of drug-likeness (QED) is 0.261.